The molecule has 0 bridgehead atoms. The number of alkyl halides is 3. The van der Waals surface area contributed by atoms with Crippen LogP contribution in [0.2, 0.25) is 0 Å². The molecule has 2 rings (SSSR count). The number of aromatic nitrogens is 1. The van der Waals surface area contributed by atoms with Gasteiger partial charge in [-0.15, -0.1) is 24.0 Å². The summed E-state index contributed by atoms with van der Waals surface area (Å²) >= 11 is 0. The van der Waals surface area contributed by atoms with Crippen LogP contribution in [-0.4, -0.2) is 31.1 Å². The predicted octanol–water partition coefficient (Wildman–Crippen LogP) is 4.43. The number of rotatable bonds is 7. The summed E-state index contributed by atoms with van der Waals surface area (Å²) in [5, 5.41) is 6.26. The number of guanidine groups is 1. The Hall–Kier alpha value is -2.04. The highest BCUT2D eigenvalue weighted by Crippen LogP contribution is 2.29. The molecule has 0 aliphatic rings. The summed E-state index contributed by atoms with van der Waals surface area (Å²) in [7, 11) is 1.64. The first-order valence-electron chi connectivity index (χ1n) is 9.17. The molecule has 0 saturated heterocycles. The number of aliphatic imine (C=N–C) groups is 1. The second-order valence-electron chi connectivity index (χ2n) is 6.17. The molecular formula is C20H27F3IN5. The van der Waals surface area contributed by atoms with Gasteiger partial charge in [0, 0.05) is 39.4 Å². The summed E-state index contributed by atoms with van der Waals surface area (Å²) in [5.74, 6) is 1.51. The highest BCUT2D eigenvalue weighted by atomic mass is 127. The Labute approximate surface area is 186 Å². The number of nitrogens with zero attached hydrogens (tertiary/aromatic N) is 3. The molecule has 29 heavy (non-hydrogen) atoms. The van der Waals surface area contributed by atoms with E-state index in [9.17, 15) is 13.2 Å². The van der Waals surface area contributed by atoms with Gasteiger partial charge in [0.25, 0.3) is 0 Å². The topological polar surface area (TPSA) is 52.5 Å². The standard InChI is InChI=1S/C20H26F3N5.HI/c1-4-28(5-2)18-11-8-16(13-25-18)14-27-19(24-3)26-12-15-6-9-17(10-7-15)20(21,22)23;/h6-11,13H,4-5,12,14H2,1-3H3,(H2,24,26,27);1H. The SMILES string of the molecule is CCN(CC)c1ccc(CNC(=NC)NCc2ccc(C(F)(F)F)cc2)cn1.I. The van der Waals surface area contributed by atoms with Crippen molar-refractivity contribution >= 4 is 35.8 Å². The molecule has 2 N–H and O–H groups in total. The monoisotopic (exact) mass is 521 g/mol. The molecule has 0 radical (unpaired) electrons. The summed E-state index contributed by atoms with van der Waals surface area (Å²) in [6.45, 7) is 6.90. The maximum absolute atomic E-state index is 12.6. The highest BCUT2D eigenvalue weighted by molar-refractivity contribution is 14.0. The van der Waals surface area contributed by atoms with Gasteiger partial charge in [-0.3, -0.25) is 4.99 Å². The Morgan fingerprint density at radius 3 is 1.97 bits per heavy atom. The Bertz CT molecular complexity index is 757. The van der Waals surface area contributed by atoms with E-state index in [1.807, 2.05) is 18.3 Å². The van der Waals surface area contributed by atoms with Gasteiger partial charge in [0.15, 0.2) is 5.96 Å². The highest BCUT2D eigenvalue weighted by Gasteiger charge is 2.29. The molecule has 1 aromatic heterocycles. The van der Waals surface area contributed by atoms with Crippen molar-refractivity contribution in [3.05, 3.63) is 59.3 Å². The molecule has 2 aromatic rings. The van der Waals surface area contributed by atoms with Gasteiger partial charge in [0.1, 0.15) is 5.82 Å². The van der Waals surface area contributed by atoms with Crippen LogP contribution < -0.4 is 15.5 Å². The molecular weight excluding hydrogens is 494 g/mol. The lowest BCUT2D eigenvalue weighted by Crippen LogP contribution is -2.36. The molecule has 0 spiro atoms. The van der Waals surface area contributed by atoms with Crippen LogP contribution in [-0.2, 0) is 19.3 Å². The van der Waals surface area contributed by atoms with Crippen molar-refractivity contribution in [2.45, 2.75) is 33.1 Å². The largest absolute Gasteiger partial charge is 0.416 e. The summed E-state index contributed by atoms with van der Waals surface area (Å²) < 4.78 is 37.8. The van der Waals surface area contributed by atoms with Crippen molar-refractivity contribution in [3.8, 4) is 0 Å². The van der Waals surface area contributed by atoms with Gasteiger partial charge in [-0.2, -0.15) is 13.2 Å². The molecule has 0 unspecified atom stereocenters. The van der Waals surface area contributed by atoms with Crippen LogP contribution >= 0.6 is 24.0 Å². The van der Waals surface area contributed by atoms with Crippen LogP contribution in [0, 0.1) is 0 Å². The van der Waals surface area contributed by atoms with E-state index in [4.69, 9.17) is 0 Å². The first kappa shape index (κ1) is 25.0. The van der Waals surface area contributed by atoms with Gasteiger partial charge >= 0.3 is 6.18 Å². The summed E-state index contributed by atoms with van der Waals surface area (Å²) in [6.07, 6.45) is -2.50. The first-order valence-corrected chi connectivity index (χ1v) is 9.17. The van der Waals surface area contributed by atoms with Crippen molar-refractivity contribution in [2.24, 2.45) is 4.99 Å². The molecule has 0 amide bonds. The number of hydrogen-bond acceptors (Lipinski definition) is 3. The maximum Gasteiger partial charge on any atom is 0.416 e. The Kier molecular flexibility index (Phi) is 10.2. The molecule has 0 saturated carbocycles. The van der Waals surface area contributed by atoms with Gasteiger partial charge in [-0.05, 0) is 43.2 Å². The average Bonchev–Trinajstić information content (AvgIpc) is 2.70. The minimum atomic E-state index is -4.32. The van der Waals surface area contributed by atoms with Crippen LogP contribution in [0.3, 0.4) is 0 Å². The minimum Gasteiger partial charge on any atom is -0.357 e. The number of benzene rings is 1. The molecule has 1 heterocycles. The third kappa shape index (κ3) is 7.71. The van der Waals surface area contributed by atoms with E-state index in [2.05, 4.69) is 39.4 Å². The zero-order valence-electron chi connectivity index (χ0n) is 16.8. The zero-order valence-corrected chi connectivity index (χ0v) is 19.1. The molecule has 5 nitrogen and oxygen atoms in total. The van der Waals surface area contributed by atoms with Crippen molar-refractivity contribution in [2.75, 3.05) is 25.0 Å². The van der Waals surface area contributed by atoms with Crippen LogP contribution in [0.5, 0.6) is 0 Å². The predicted molar refractivity (Wildman–Crippen MR) is 122 cm³/mol. The van der Waals surface area contributed by atoms with E-state index < -0.39 is 11.7 Å². The molecule has 0 aliphatic heterocycles. The first-order chi connectivity index (χ1) is 13.4. The molecule has 160 valence electrons. The molecule has 9 heteroatoms. The number of nitrogens with one attached hydrogen (secondary N) is 2. The van der Waals surface area contributed by atoms with E-state index in [0.29, 0.717) is 19.0 Å². The second kappa shape index (κ2) is 11.8. The number of halogens is 4. The third-order valence-electron chi connectivity index (χ3n) is 4.32. The normalized spacial score (nSPS) is 11.6. The zero-order chi connectivity index (χ0) is 20.6. The fourth-order valence-electron chi connectivity index (χ4n) is 2.66. The van der Waals surface area contributed by atoms with Crippen LogP contribution in [0.1, 0.15) is 30.5 Å². The van der Waals surface area contributed by atoms with Crippen molar-refractivity contribution in [1.29, 1.82) is 0 Å². The molecule has 1 aromatic carbocycles. The summed E-state index contributed by atoms with van der Waals surface area (Å²) in [6, 6.07) is 9.07. The maximum atomic E-state index is 12.6. The summed E-state index contributed by atoms with van der Waals surface area (Å²) in [5.41, 5.74) is 1.09. The van der Waals surface area contributed by atoms with E-state index in [0.717, 1.165) is 42.2 Å². The number of anilines is 1. The number of hydrogen-bond donors (Lipinski definition) is 2. The van der Waals surface area contributed by atoms with Gasteiger partial charge in [-0.25, -0.2) is 4.98 Å². The minimum absolute atomic E-state index is 0. The van der Waals surface area contributed by atoms with E-state index >= 15 is 0 Å². The lowest BCUT2D eigenvalue weighted by molar-refractivity contribution is -0.137. The van der Waals surface area contributed by atoms with Crippen LogP contribution in [0.15, 0.2) is 47.6 Å². The van der Waals surface area contributed by atoms with Crippen molar-refractivity contribution < 1.29 is 13.2 Å². The lowest BCUT2D eigenvalue weighted by atomic mass is 10.1. The molecule has 0 aliphatic carbocycles. The average molecular weight is 521 g/mol. The van der Waals surface area contributed by atoms with Crippen molar-refractivity contribution in [3.63, 3.8) is 0 Å². The van der Waals surface area contributed by atoms with Crippen LogP contribution in [0.4, 0.5) is 19.0 Å². The van der Waals surface area contributed by atoms with E-state index in [1.54, 1.807) is 7.05 Å². The smallest absolute Gasteiger partial charge is 0.357 e. The van der Waals surface area contributed by atoms with E-state index in [-0.39, 0.29) is 24.0 Å². The Balaban J connectivity index is 0.00000420. The quantitative estimate of drug-likeness (QED) is 0.322. The van der Waals surface area contributed by atoms with Gasteiger partial charge < -0.3 is 15.5 Å². The second-order valence-corrected chi connectivity index (χ2v) is 6.17. The lowest BCUT2D eigenvalue weighted by Gasteiger charge is -2.19. The number of pyridine rings is 1. The van der Waals surface area contributed by atoms with E-state index in [1.165, 1.54) is 12.1 Å². The fourth-order valence-corrected chi connectivity index (χ4v) is 2.66. The Morgan fingerprint density at radius 1 is 0.966 bits per heavy atom. The third-order valence-corrected chi connectivity index (χ3v) is 4.32. The fraction of sp³-hybridized carbons (Fsp3) is 0.400. The molecule has 0 atom stereocenters. The Morgan fingerprint density at radius 2 is 1.52 bits per heavy atom. The van der Waals surface area contributed by atoms with Gasteiger partial charge in [-0.1, -0.05) is 18.2 Å². The summed E-state index contributed by atoms with van der Waals surface area (Å²) in [4.78, 5) is 10.8. The van der Waals surface area contributed by atoms with Crippen molar-refractivity contribution in [1.82, 2.24) is 15.6 Å². The van der Waals surface area contributed by atoms with Gasteiger partial charge in [0.2, 0.25) is 0 Å². The van der Waals surface area contributed by atoms with Gasteiger partial charge in [0.05, 0.1) is 5.56 Å². The molecule has 0 fully saturated rings. The van der Waals surface area contributed by atoms with Crippen LogP contribution in [0.25, 0.3) is 0 Å².